The van der Waals surface area contributed by atoms with E-state index >= 15 is 0 Å². The second-order valence-corrected chi connectivity index (χ2v) is 6.31. The Balaban J connectivity index is 1.83. The fourth-order valence-electron chi connectivity index (χ4n) is 2.50. The van der Waals surface area contributed by atoms with Crippen LogP contribution in [0.2, 0.25) is 0 Å². The van der Waals surface area contributed by atoms with E-state index in [0.717, 1.165) is 4.88 Å². The third kappa shape index (κ3) is 2.95. The molecular weight excluding hydrogens is 314 g/mol. The molecule has 3 aromatic heterocycles. The molecule has 0 fully saturated rings. The van der Waals surface area contributed by atoms with Crippen molar-refractivity contribution in [2.45, 2.75) is 19.4 Å². The topological polar surface area (TPSA) is 75.6 Å². The lowest BCUT2D eigenvalue weighted by atomic mass is 9.94. The fourth-order valence-corrected chi connectivity index (χ4v) is 3.35. The van der Waals surface area contributed by atoms with Crippen molar-refractivity contribution in [1.29, 1.82) is 0 Å². The quantitative estimate of drug-likeness (QED) is 0.753. The summed E-state index contributed by atoms with van der Waals surface area (Å²) in [6.45, 7) is 3.57. The van der Waals surface area contributed by atoms with Gasteiger partial charge < -0.3 is 19.3 Å². The summed E-state index contributed by atoms with van der Waals surface area (Å²) in [6.07, 6.45) is 2.98. The zero-order valence-electron chi connectivity index (χ0n) is 12.8. The highest BCUT2D eigenvalue weighted by Gasteiger charge is 2.34. The van der Waals surface area contributed by atoms with Gasteiger partial charge in [-0.2, -0.15) is 0 Å². The molecule has 0 saturated carbocycles. The van der Waals surface area contributed by atoms with E-state index in [2.05, 4.69) is 5.32 Å². The summed E-state index contributed by atoms with van der Waals surface area (Å²) in [5, 5.41) is 15.8. The van der Waals surface area contributed by atoms with Gasteiger partial charge in [-0.1, -0.05) is 6.07 Å². The van der Waals surface area contributed by atoms with Gasteiger partial charge in [-0.3, -0.25) is 4.79 Å². The van der Waals surface area contributed by atoms with Gasteiger partial charge in [0, 0.05) is 10.4 Å². The third-order valence-electron chi connectivity index (χ3n) is 3.72. The number of carbonyl (C=O) groups excluding carboxylic acids is 1. The van der Waals surface area contributed by atoms with Crippen LogP contribution in [0.1, 0.15) is 32.3 Å². The van der Waals surface area contributed by atoms with E-state index in [-0.39, 0.29) is 12.5 Å². The third-order valence-corrected chi connectivity index (χ3v) is 4.74. The molecule has 0 spiro atoms. The van der Waals surface area contributed by atoms with Crippen molar-refractivity contribution in [3.05, 3.63) is 69.7 Å². The second kappa shape index (κ2) is 6.06. The van der Waals surface area contributed by atoms with Gasteiger partial charge in [-0.05, 0) is 37.4 Å². The number of nitrogens with one attached hydrogen (secondary N) is 1. The Hall–Kier alpha value is -2.31. The van der Waals surface area contributed by atoms with Crippen LogP contribution in [-0.2, 0) is 5.60 Å². The molecule has 5 nitrogen and oxygen atoms in total. The van der Waals surface area contributed by atoms with Gasteiger partial charge in [-0.25, -0.2) is 0 Å². The monoisotopic (exact) mass is 331 g/mol. The van der Waals surface area contributed by atoms with Gasteiger partial charge in [0.1, 0.15) is 17.1 Å². The molecule has 23 heavy (non-hydrogen) atoms. The molecule has 1 atom stereocenters. The summed E-state index contributed by atoms with van der Waals surface area (Å²) in [5.74, 6) is 0.955. The van der Waals surface area contributed by atoms with Crippen molar-refractivity contribution >= 4 is 17.2 Å². The van der Waals surface area contributed by atoms with Crippen LogP contribution in [0.4, 0.5) is 0 Å². The Morgan fingerprint density at radius 3 is 2.78 bits per heavy atom. The Morgan fingerprint density at radius 2 is 2.22 bits per heavy atom. The van der Waals surface area contributed by atoms with Crippen LogP contribution in [0.3, 0.4) is 0 Å². The molecule has 2 N–H and O–H groups in total. The number of carbonyl (C=O) groups is 1. The van der Waals surface area contributed by atoms with Crippen LogP contribution >= 0.6 is 11.3 Å². The SMILES string of the molecule is Cc1cc(C(=O)NC[C@](O)(c2ccoc2)c2cccs2)c(C)o1. The van der Waals surface area contributed by atoms with Crippen LogP contribution in [0.5, 0.6) is 0 Å². The normalized spacial score (nSPS) is 13.7. The van der Waals surface area contributed by atoms with Crippen molar-refractivity contribution in [2.24, 2.45) is 0 Å². The van der Waals surface area contributed by atoms with E-state index in [4.69, 9.17) is 8.83 Å². The lowest BCUT2D eigenvalue weighted by molar-refractivity contribution is 0.0713. The Bertz CT molecular complexity index is 753. The summed E-state index contributed by atoms with van der Waals surface area (Å²) >= 11 is 1.42. The van der Waals surface area contributed by atoms with Crippen molar-refractivity contribution < 1.29 is 18.7 Å². The zero-order chi connectivity index (χ0) is 16.4. The van der Waals surface area contributed by atoms with Crippen molar-refractivity contribution in [3.8, 4) is 0 Å². The van der Waals surface area contributed by atoms with Crippen LogP contribution < -0.4 is 5.32 Å². The molecule has 0 aliphatic carbocycles. The Kier molecular flexibility index (Phi) is 4.11. The minimum absolute atomic E-state index is 0.0372. The number of furan rings is 2. The largest absolute Gasteiger partial charge is 0.472 e. The van der Waals surface area contributed by atoms with Crippen LogP contribution in [0, 0.1) is 13.8 Å². The van der Waals surface area contributed by atoms with Gasteiger partial charge in [-0.15, -0.1) is 11.3 Å². The average Bonchev–Trinajstić information content (AvgIpc) is 3.26. The highest BCUT2D eigenvalue weighted by molar-refractivity contribution is 7.10. The summed E-state index contributed by atoms with van der Waals surface area (Å²) < 4.78 is 10.5. The van der Waals surface area contributed by atoms with E-state index in [0.29, 0.717) is 22.6 Å². The summed E-state index contributed by atoms with van der Waals surface area (Å²) in [6, 6.07) is 7.07. The van der Waals surface area contributed by atoms with Crippen molar-refractivity contribution in [2.75, 3.05) is 6.54 Å². The first-order valence-corrected chi connectivity index (χ1v) is 8.03. The lowest BCUT2D eigenvalue weighted by Crippen LogP contribution is -2.41. The van der Waals surface area contributed by atoms with Crippen LogP contribution in [-0.4, -0.2) is 17.6 Å². The second-order valence-electron chi connectivity index (χ2n) is 5.36. The molecule has 0 bridgehead atoms. The number of amides is 1. The number of hydrogen-bond donors (Lipinski definition) is 2. The predicted octanol–water partition coefficient (Wildman–Crippen LogP) is 3.22. The molecule has 0 unspecified atom stereocenters. The minimum atomic E-state index is -1.33. The van der Waals surface area contributed by atoms with E-state index < -0.39 is 5.60 Å². The summed E-state index contributed by atoms with van der Waals surface area (Å²) in [5.41, 5.74) is -0.257. The van der Waals surface area contributed by atoms with Crippen LogP contribution in [0.15, 0.2) is 51.0 Å². The predicted molar refractivity (Wildman–Crippen MR) is 86.5 cm³/mol. The van der Waals surface area contributed by atoms with Gasteiger partial charge in [0.05, 0.1) is 24.6 Å². The van der Waals surface area contributed by atoms with E-state index in [1.54, 1.807) is 26.0 Å². The van der Waals surface area contributed by atoms with Crippen LogP contribution in [0.25, 0.3) is 0 Å². The summed E-state index contributed by atoms with van der Waals surface area (Å²) in [7, 11) is 0. The standard InChI is InChI=1S/C17H17NO4S/c1-11-8-14(12(2)22-11)16(19)18-10-17(20,13-5-6-21-9-13)15-4-3-7-23-15/h3-9,20H,10H2,1-2H3,(H,18,19)/t17-/m0/s1. The molecule has 0 aromatic carbocycles. The average molecular weight is 331 g/mol. The maximum atomic E-state index is 12.4. The molecule has 3 aromatic rings. The van der Waals surface area contributed by atoms with Gasteiger partial charge in [0.2, 0.25) is 0 Å². The first-order chi connectivity index (χ1) is 11.0. The van der Waals surface area contributed by atoms with E-state index in [1.165, 1.54) is 23.9 Å². The fraction of sp³-hybridized carbons (Fsp3) is 0.235. The van der Waals surface area contributed by atoms with E-state index in [1.807, 2.05) is 17.5 Å². The molecule has 3 rings (SSSR count). The first kappa shape index (κ1) is 15.6. The first-order valence-electron chi connectivity index (χ1n) is 7.15. The maximum absolute atomic E-state index is 12.4. The molecular formula is C17H17NO4S. The molecule has 6 heteroatoms. The minimum Gasteiger partial charge on any atom is -0.472 e. The zero-order valence-corrected chi connectivity index (χ0v) is 13.6. The molecule has 1 amide bonds. The van der Waals surface area contributed by atoms with Gasteiger partial charge in [0.25, 0.3) is 5.91 Å². The van der Waals surface area contributed by atoms with Gasteiger partial charge in [0.15, 0.2) is 0 Å². The number of aryl methyl sites for hydroxylation is 2. The molecule has 0 radical (unpaired) electrons. The number of hydrogen-bond acceptors (Lipinski definition) is 5. The molecule has 0 aliphatic heterocycles. The maximum Gasteiger partial charge on any atom is 0.254 e. The van der Waals surface area contributed by atoms with Crippen molar-refractivity contribution in [1.82, 2.24) is 5.32 Å². The molecule has 120 valence electrons. The Labute approximate surface area is 137 Å². The molecule has 0 aliphatic rings. The molecule has 3 heterocycles. The van der Waals surface area contributed by atoms with E-state index in [9.17, 15) is 9.90 Å². The Morgan fingerprint density at radius 1 is 1.39 bits per heavy atom. The lowest BCUT2D eigenvalue weighted by Gasteiger charge is -2.26. The molecule has 0 saturated heterocycles. The smallest absolute Gasteiger partial charge is 0.254 e. The summed E-state index contributed by atoms with van der Waals surface area (Å²) in [4.78, 5) is 13.1. The highest BCUT2D eigenvalue weighted by Crippen LogP contribution is 2.32. The number of rotatable bonds is 5. The number of aliphatic hydroxyl groups is 1. The van der Waals surface area contributed by atoms with Gasteiger partial charge >= 0.3 is 0 Å². The highest BCUT2D eigenvalue weighted by atomic mass is 32.1. The van der Waals surface area contributed by atoms with Crippen molar-refractivity contribution in [3.63, 3.8) is 0 Å². The number of thiophene rings is 1.